The molecular formula is C10H15ClN4O2. The fraction of sp³-hybridized carbons (Fsp3) is 0.500. The molecule has 0 aliphatic carbocycles. The first-order valence-corrected chi connectivity index (χ1v) is 5.22. The number of rotatable bonds is 4. The van der Waals surface area contributed by atoms with Gasteiger partial charge in [-0.1, -0.05) is 17.9 Å². The van der Waals surface area contributed by atoms with Gasteiger partial charge in [-0.2, -0.15) is 0 Å². The largest absolute Gasteiger partial charge is 0.457 e. The van der Waals surface area contributed by atoms with Crippen LogP contribution in [0.2, 0.25) is 0 Å². The van der Waals surface area contributed by atoms with E-state index in [0.717, 1.165) is 19.5 Å². The van der Waals surface area contributed by atoms with Gasteiger partial charge in [-0.25, -0.2) is 9.48 Å². The summed E-state index contributed by atoms with van der Waals surface area (Å²) in [6, 6.07) is 0.286. The monoisotopic (exact) mass is 258 g/mol. The summed E-state index contributed by atoms with van der Waals surface area (Å²) in [6.07, 6.45) is 4.15. The van der Waals surface area contributed by atoms with Crippen molar-refractivity contribution in [3.05, 3.63) is 24.5 Å². The molecule has 0 aromatic carbocycles. The van der Waals surface area contributed by atoms with Crippen LogP contribution in [0.3, 0.4) is 0 Å². The average molecular weight is 259 g/mol. The number of aromatic nitrogens is 3. The molecule has 0 amide bonds. The molecule has 0 saturated carbocycles. The van der Waals surface area contributed by atoms with Crippen molar-refractivity contribution < 1.29 is 9.53 Å². The number of esters is 1. The van der Waals surface area contributed by atoms with Gasteiger partial charge in [0.25, 0.3) is 0 Å². The van der Waals surface area contributed by atoms with Crippen LogP contribution in [0.4, 0.5) is 0 Å². The second kappa shape index (κ2) is 6.36. The third-order valence-corrected chi connectivity index (χ3v) is 2.46. The van der Waals surface area contributed by atoms with Gasteiger partial charge in [0.1, 0.15) is 6.61 Å². The van der Waals surface area contributed by atoms with Crippen LogP contribution in [-0.4, -0.2) is 40.7 Å². The van der Waals surface area contributed by atoms with Gasteiger partial charge in [-0.15, -0.1) is 17.5 Å². The Bertz CT molecular complexity index is 387. The van der Waals surface area contributed by atoms with Gasteiger partial charge in [0, 0.05) is 6.54 Å². The quantitative estimate of drug-likeness (QED) is 0.632. The van der Waals surface area contributed by atoms with E-state index in [9.17, 15) is 4.79 Å². The third-order valence-electron chi connectivity index (χ3n) is 2.46. The van der Waals surface area contributed by atoms with Crippen LogP contribution < -0.4 is 5.32 Å². The summed E-state index contributed by atoms with van der Waals surface area (Å²) in [4.78, 5) is 11.4. The summed E-state index contributed by atoms with van der Waals surface area (Å²) >= 11 is 0. The van der Waals surface area contributed by atoms with Crippen molar-refractivity contribution in [3.63, 3.8) is 0 Å². The van der Waals surface area contributed by atoms with Crippen LogP contribution in [0.1, 0.15) is 23.0 Å². The van der Waals surface area contributed by atoms with Gasteiger partial charge in [-0.05, 0) is 13.0 Å². The van der Waals surface area contributed by atoms with Gasteiger partial charge in [0.15, 0.2) is 5.69 Å². The minimum absolute atomic E-state index is 0. The highest BCUT2D eigenvalue weighted by Gasteiger charge is 2.20. The molecule has 1 aliphatic rings. The molecule has 0 unspecified atom stereocenters. The van der Waals surface area contributed by atoms with Crippen LogP contribution in [0.15, 0.2) is 18.9 Å². The Morgan fingerprint density at radius 2 is 2.59 bits per heavy atom. The molecule has 1 aromatic rings. The van der Waals surface area contributed by atoms with Crippen molar-refractivity contribution >= 4 is 18.4 Å². The molecule has 1 aliphatic heterocycles. The van der Waals surface area contributed by atoms with Gasteiger partial charge < -0.3 is 10.1 Å². The Labute approximate surface area is 105 Å². The molecule has 0 spiro atoms. The predicted octanol–water partition coefficient (Wildman–Crippen LogP) is 0.577. The normalized spacial score (nSPS) is 18.5. The first kappa shape index (κ1) is 13.7. The number of carbonyl (C=O) groups excluding carboxylic acids is 1. The minimum atomic E-state index is -0.461. The lowest BCUT2D eigenvalue weighted by molar-refractivity contribution is 0.0542. The molecule has 6 nitrogen and oxygen atoms in total. The van der Waals surface area contributed by atoms with E-state index in [2.05, 4.69) is 22.2 Å². The smallest absolute Gasteiger partial charge is 0.360 e. The van der Waals surface area contributed by atoms with Gasteiger partial charge in [0.2, 0.25) is 0 Å². The minimum Gasteiger partial charge on any atom is -0.457 e. The van der Waals surface area contributed by atoms with E-state index in [0.29, 0.717) is 0 Å². The molecular weight excluding hydrogens is 244 g/mol. The van der Waals surface area contributed by atoms with Gasteiger partial charge in [0.05, 0.1) is 12.2 Å². The molecule has 7 heteroatoms. The van der Waals surface area contributed by atoms with Crippen molar-refractivity contribution in [2.24, 2.45) is 0 Å². The van der Waals surface area contributed by atoms with Crippen molar-refractivity contribution in [2.75, 3.05) is 19.7 Å². The molecule has 1 atom stereocenters. The van der Waals surface area contributed by atoms with Crippen molar-refractivity contribution in [1.82, 2.24) is 20.3 Å². The first-order chi connectivity index (χ1) is 7.81. The number of nitrogens with one attached hydrogen (secondary N) is 1. The lowest BCUT2D eigenvalue weighted by atomic mass is 10.3. The lowest BCUT2D eigenvalue weighted by Gasteiger charge is -2.05. The SMILES string of the molecule is C=CCOC(=O)c1cn([C@H]2CCNC2)nn1.Cl. The van der Waals surface area contributed by atoms with E-state index >= 15 is 0 Å². The molecule has 94 valence electrons. The molecule has 2 rings (SSSR count). The number of hydrogen-bond donors (Lipinski definition) is 1. The highest BCUT2D eigenvalue weighted by atomic mass is 35.5. The van der Waals surface area contributed by atoms with Crippen LogP contribution in [0, 0.1) is 0 Å². The van der Waals surface area contributed by atoms with Crippen molar-refractivity contribution in [2.45, 2.75) is 12.5 Å². The molecule has 17 heavy (non-hydrogen) atoms. The maximum absolute atomic E-state index is 11.4. The van der Waals surface area contributed by atoms with E-state index < -0.39 is 5.97 Å². The topological polar surface area (TPSA) is 69.0 Å². The van der Waals surface area contributed by atoms with Crippen molar-refractivity contribution in [1.29, 1.82) is 0 Å². The molecule has 1 fully saturated rings. The van der Waals surface area contributed by atoms with Crippen LogP contribution in [-0.2, 0) is 4.74 Å². The second-order valence-corrected chi connectivity index (χ2v) is 3.62. The summed E-state index contributed by atoms with van der Waals surface area (Å²) < 4.78 is 6.58. The highest BCUT2D eigenvalue weighted by Crippen LogP contribution is 2.13. The van der Waals surface area contributed by atoms with E-state index in [1.54, 1.807) is 10.9 Å². The molecule has 1 aromatic heterocycles. The Kier molecular flexibility index (Phi) is 5.11. The highest BCUT2D eigenvalue weighted by molar-refractivity contribution is 5.86. The fourth-order valence-corrected chi connectivity index (χ4v) is 1.62. The maximum Gasteiger partial charge on any atom is 0.360 e. The number of ether oxygens (including phenoxy) is 1. The summed E-state index contributed by atoms with van der Waals surface area (Å²) in [7, 11) is 0. The average Bonchev–Trinajstić information content (AvgIpc) is 2.94. The Balaban J connectivity index is 0.00000144. The van der Waals surface area contributed by atoms with Crippen LogP contribution >= 0.6 is 12.4 Å². The number of nitrogens with zero attached hydrogens (tertiary/aromatic N) is 3. The second-order valence-electron chi connectivity index (χ2n) is 3.62. The first-order valence-electron chi connectivity index (χ1n) is 5.22. The Hall–Kier alpha value is -1.40. The van der Waals surface area contributed by atoms with Crippen molar-refractivity contribution in [3.8, 4) is 0 Å². The summed E-state index contributed by atoms with van der Waals surface area (Å²) in [5.41, 5.74) is 0.244. The molecule has 1 saturated heterocycles. The van der Waals surface area contributed by atoms with Gasteiger partial charge in [-0.3, -0.25) is 0 Å². The number of hydrogen-bond acceptors (Lipinski definition) is 5. The zero-order valence-corrected chi connectivity index (χ0v) is 10.2. The fourth-order valence-electron chi connectivity index (χ4n) is 1.62. The summed E-state index contributed by atoms with van der Waals surface area (Å²) in [5.74, 6) is -0.461. The lowest BCUT2D eigenvalue weighted by Crippen LogP contribution is -2.13. The van der Waals surface area contributed by atoms with E-state index in [4.69, 9.17) is 4.74 Å². The Morgan fingerprint density at radius 1 is 1.76 bits per heavy atom. The number of halogens is 1. The molecule has 0 radical (unpaired) electrons. The standard InChI is InChI=1S/C10H14N4O2.ClH/c1-2-5-16-10(15)9-7-14(13-12-9)8-3-4-11-6-8;/h2,7-8,11H,1,3-6H2;1H/t8-;/m0./s1. The Morgan fingerprint density at radius 3 is 3.24 bits per heavy atom. The molecule has 2 heterocycles. The zero-order chi connectivity index (χ0) is 11.4. The maximum atomic E-state index is 11.4. The summed E-state index contributed by atoms with van der Waals surface area (Å²) in [6.45, 7) is 5.50. The van der Waals surface area contributed by atoms with E-state index in [1.807, 2.05) is 0 Å². The zero-order valence-electron chi connectivity index (χ0n) is 9.33. The van der Waals surface area contributed by atoms with Crippen LogP contribution in [0.25, 0.3) is 0 Å². The molecule has 1 N–H and O–H groups in total. The summed E-state index contributed by atoms with van der Waals surface area (Å²) in [5, 5.41) is 10.9. The van der Waals surface area contributed by atoms with E-state index in [1.165, 1.54) is 6.08 Å². The third kappa shape index (κ3) is 3.28. The molecule has 0 bridgehead atoms. The van der Waals surface area contributed by atoms with Gasteiger partial charge >= 0.3 is 5.97 Å². The van der Waals surface area contributed by atoms with Crippen LogP contribution in [0.5, 0.6) is 0 Å². The number of carbonyl (C=O) groups is 1. The van der Waals surface area contributed by atoms with E-state index in [-0.39, 0.29) is 30.7 Å². The predicted molar refractivity (Wildman–Crippen MR) is 64.3 cm³/mol.